The average molecular weight is 283 g/mol. The van der Waals surface area contributed by atoms with Crippen LogP contribution in [-0.4, -0.2) is 17.3 Å². The van der Waals surface area contributed by atoms with Gasteiger partial charge in [0, 0.05) is 16.9 Å². The Morgan fingerprint density at radius 1 is 1.14 bits per heavy atom. The third-order valence-electron chi connectivity index (χ3n) is 3.41. The smallest absolute Gasteiger partial charge is 0.211 e. The Morgan fingerprint density at radius 2 is 1.86 bits per heavy atom. The number of aryl methyl sites for hydroxylation is 1. The van der Waals surface area contributed by atoms with Crippen LogP contribution < -0.4 is 0 Å². The van der Waals surface area contributed by atoms with Crippen LogP contribution in [0.5, 0.6) is 0 Å². The van der Waals surface area contributed by atoms with E-state index in [9.17, 15) is 14.9 Å². The monoisotopic (exact) mass is 283 g/mol. The number of Topliss-reactive ketones (excluding diaryl/α,β-unsaturated/α-hetero) is 1. The largest absolute Gasteiger partial charge is 0.294 e. The van der Waals surface area contributed by atoms with Crippen LogP contribution in [0.3, 0.4) is 0 Å². The van der Waals surface area contributed by atoms with Gasteiger partial charge in [0.05, 0.1) is 5.92 Å². The van der Waals surface area contributed by atoms with Gasteiger partial charge in [0.25, 0.3) is 0 Å². The minimum atomic E-state index is -0.396. The summed E-state index contributed by atoms with van der Waals surface area (Å²) < 4.78 is 0. The van der Waals surface area contributed by atoms with Crippen LogP contribution >= 0.6 is 0 Å². The van der Waals surface area contributed by atoms with E-state index in [0.717, 1.165) is 11.1 Å². The predicted molar refractivity (Wildman–Crippen MR) is 81.2 cm³/mol. The zero-order valence-electron chi connectivity index (χ0n) is 11.9. The van der Waals surface area contributed by atoms with Gasteiger partial charge < -0.3 is 0 Å². The summed E-state index contributed by atoms with van der Waals surface area (Å²) in [5.74, 6) is -0.462. The molecule has 0 fully saturated rings. The summed E-state index contributed by atoms with van der Waals surface area (Å²) in [5.41, 5.74) is 2.47. The molecule has 0 aliphatic rings. The van der Waals surface area contributed by atoms with E-state index in [1.807, 2.05) is 37.3 Å². The third-order valence-corrected chi connectivity index (χ3v) is 3.41. The molecule has 0 amide bonds. The molecule has 0 saturated carbocycles. The van der Waals surface area contributed by atoms with Crippen LogP contribution in [0.15, 0.2) is 54.6 Å². The second-order valence-corrected chi connectivity index (χ2v) is 5.12. The van der Waals surface area contributed by atoms with Crippen molar-refractivity contribution < 1.29 is 9.72 Å². The molecule has 4 nitrogen and oxygen atoms in total. The third kappa shape index (κ3) is 4.24. The van der Waals surface area contributed by atoms with Gasteiger partial charge in [-0.25, -0.2) is 0 Å². The molecule has 2 aromatic rings. The lowest BCUT2D eigenvalue weighted by atomic mass is 9.91. The summed E-state index contributed by atoms with van der Waals surface area (Å²) in [7, 11) is 0. The van der Waals surface area contributed by atoms with Gasteiger partial charge in [0.2, 0.25) is 6.54 Å². The summed E-state index contributed by atoms with van der Waals surface area (Å²) in [6.45, 7) is 1.70. The maximum absolute atomic E-state index is 12.3. The number of nitro groups is 1. The van der Waals surface area contributed by atoms with Gasteiger partial charge in [-0.2, -0.15) is 0 Å². The molecule has 4 heteroatoms. The molecule has 0 bridgehead atoms. The molecule has 0 N–H and O–H groups in total. The highest BCUT2D eigenvalue weighted by Gasteiger charge is 2.22. The average Bonchev–Trinajstić information content (AvgIpc) is 2.47. The van der Waals surface area contributed by atoms with Crippen LogP contribution in [0.25, 0.3) is 0 Å². The van der Waals surface area contributed by atoms with E-state index in [1.165, 1.54) is 0 Å². The number of hydrogen-bond acceptors (Lipinski definition) is 3. The fraction of sp³-hybridized carbons (Fsp3) is 0.235. The maximum Gasteiger partial charge on any atom is 0.211 e. The molecule has 21 heavy (non-hydrogen) atoms. The molecule has 0 aliphatic heterocycles. The zero-order chi connectivity index (χ0) is 15.2. The summed E-state index contributed by atoms with van der Waals surface area (Å²) >= 11 is 0. The van der Waals surface area contributed by atoms with Crippen molar-refractivity contribution in [3.05, 3.63) is 81.4 Å². The molecule has 1 unspecified atom stereocenters. The van der Waals surface area contributed by atoms with E-state index in [1.54, 1.807) is 24.3 Å². The first kappa shape index (κ1) is 14.9. The predicted octanol–water partition coefficient (Wildman–Crippen LogP) is 3.63. The fourth-order valence-electron chi connectivity index (χ4n) is 2.36. The highest BCUT2D eigenvalue weighted by atomic mass is 16.6. The number of rotatable bonds is 6. The van der Waals surface area contributed by atoms with Crippen molar-refractivity contribution in [3.63, 3.8) is 0 Å². The fourth-order valence-corrected chi connectivity index (χ4v) is 2.36. The van der Waals surface area contributed by atoms with Crippen molar-refractivity contribution >= 4 is 5.78 Å². The molecule has 0 saturated heterocycles. The van der Waals surface area contributed by atoms with E-state index in [2.05, 4.69) is 0 Å². The SMILES string of the molecule is Cc1cccc(C(CC(=O)c2ccccc2)C[N+](=O)[O-])c1. The first-order chi connectivity index (χ1) is 10.1. The zero-order valence-corrected chi connectivity index (χ0v) is 11.9. The molecule has 2 rings (SSSR count). The van der Waals surface area contributed by atoms with Gasteiger partial charge in [-0.3, -0.25) is 14.9 Å². The van der Waals surface area contributed by atoms with Crippen LogP contribution in [0.1, 0.15) is 33.8 Å². The van der Waals surface area contributed by atoms with Crippen LogP contribution in [0.4, 0.5) is 0 Å². The van der Waals surface area contributed by atoms with Crippen molar-refractivity contribution in [2.45, 2.75) is 19.3 Å². The van der Waals surface area contributed by atoms with Gasteiger partial charge in [0.15, 0.2) is 5.78 Å². The Labute approximate surface area is 123 Å². The molecule has 0 aliphatic carbocycles. The Kier molecular flexibility index (Phi) is 4.82. The molecule has 0 spiro atoms. The maximum atomic E-state index is 12.3. The second-order valence-electron chi connectivity index (χ2n) is 5.12. The van der Waals surface area contributed by atoms with Gasteiger partial charge >= 0.3 is 0 Å². The van der Waals surface area contributed by atoms with Gasteiger partial charge in [-0.15, -0.1) is 0 Å². The Hall–Kier alpha value is -2.49. The lowest BCUT2D eigenvalue weighted by Gasteiger charge is -2.13. The Morgan fingerprint density at radius 3 is 2.48 bits per heavy atom. The second kappa shape index (κ2) is 6.79. The number of ketones is 1. The Bertz CT molecular complexity index is 637. The normalized spacial score (nSPS) is 11.9. The summed E-state index contributed by atoms with van der Waals surface area (Å²) in [5, 5.41) is 10.9. The van der Waals surface area contributed by atoms with Crippen LogP contribution in [-0.2, 0) is 0 Å². The quantitative estimate of drug-likeness (QED) is 0.462. The standard InChI is InChI=1S/C17H17NO3/c1-13-6-5-9-15(10-13)16(12-18(20)21)11-17(19)14-7-3-2-4-8-14/h2-10,16H,11-12H2,1H3. The number of carbonyl (C=O) groups is 1. The van der Waals surface area contributed by atoms with Gasteiger partial charge in [-0.05, 0) is 12.5 Å². The van der Waals surface area contributed by atoms with E-state index < -0.39 is 5.92 Å². The molecule has 0 aromatic heterocycles. The lowest BCUT2D eigenvalue weighted by molar-refractivity contribution is -0.483. The van der Waals surface area contributed by atoms with E-state index in [-0.39, 0.29) is 23.7 Å². The van der Waals surface area contributed by atoms with Crippen molar-refractivity contribution in [2.24, 2.45) is 0 Å². The molecule has 108 valence electrons. The summed E-state index contributed by atoms with van der Waals surface area (Å²) in [6.07, 6.45) is 0.147. The lowest BCUT2D eigenvalue weighted by Crippen LogP contribution is -2.16. The van der Waals surface area contributed by atoms with Crippen molar-refractivity contribution in [1.29, 1.82) is 0 Å². The van der Waals surface area contributed by atoms with Crippen LogP contribution in [0, 0.1) is 17.0 Å². The number of nitrogens with zero attached hydrogens (tertiary/aromatic N) is 1. The first-order valence-corrected chi connectivity index (χ1v) is 6.83. The minimum Gasteiger partial charge on any atom is -0.294 e. The molecule has 0 radical (unpaired) electrons. The van der Waals surface area contributed by atoms with Crippen LogP contribution in [0.2, 0.25) is 0 Å². The van der Waals surface area contributed by atoms with Crippen molar-refractivity contribution in [1.82, 2.24) is 0 Å². The van der Waals surface area contributed by atoms with E-state index in [4.69, 9.17) is 0 Å². The molecule has 1 atom stereocenters. The highest BCUT2D eigenvalue weighted by molar-refractivity contribution is 5.96. The number of benzene rings is 2. The highest BCUT2D eigenvalue weighted by Crippen LogP contribution is 2.23. The molecule has 2 aromatic carbocycles. The topological polar surface area (TPSA) is 60.2 Å². The molecular formula is C17H17NO3. The summed E-state index contributed by atoms with van der Waals surface area (Å²) in [6, 6.07) is 16.5. The van der Waals surface area contributed by atoms with E-state index in [0.29, 0.717) is 5.56 Å². The molecular weight excluding hydrogens is 266 g/mol. The summed E-state index contributed by atoms with van der Waals surface area (Å²) in [4.78, 5) is 22.8. The number of carbonyl (C=O) groups excluding carboxylic acids is 1. The van der Waals surface area contributed by atoms with Gasteiger partial charge in [0.1, 0.15) is 0 Å². The first-order valence-electron chi connectivity index (χ1n) is 6.83. The van der Waals surface area contributed by atoms with E-state index >= 15 is 0 Å². The molecule has 0 heterocycles. The van der Waals surface area contributed by atoms with Gasteiger partial charge in [-0.1, -0.05) is 60.2 Å². The minimum absolute atomic E-state index is 0.0658. The Balaban J connectivity index is 2.21. The number of hydrogen-bond donors (Lipinski definition) is 0. The van der Waals surface area contributed by atoms with Crippen molar-refractivity contribution in [2.75, 3.05) is 6.54 Å². The van der Waals surface area contributed by atoms with Crippen molar-refractivity contribution in [3.8, 4) is 0 Å².